The standard InChI is InChI=1S/C14H15BrN2O/c1-10-4-3-5-11(14(10)15)12(18)6-7-13-16-8-9-17(13)2/h3-5,8-9H,6-7H2,1-2H3. The lowest BCUT2D eigenvalue weighted by molar-refractivity contribution is 0.0981. The fourth-order valence-electron chi connectivity index (χ4n) is 1.86. The van der Waals surface area contributed by atoms with Gasteiger partial charge in [-0.15, -0.1) is 0 Å². The number of rotatable bonds is 4. The highest BCUT2D eigenvalue weighted by atomic mass is 79.9. The SMILES string of the molecule is Cc1cccc(C(=O)CCc2nccn2C)c1Br. The van der Waals surface area contributed by atoms with Crippen LogP contribution in [0, 0.1) is 6.92 Å². The molecule has 2 aromatic rings. The first-order valence-electron chi connectivity index (χ1n) is 5.84. The molecule has 18 heavy (non-hydrogen) atoms. The third kappa shape index (κ3) is 2.70. The number of ketones is 1. The summed E-state index contributed by atoms with van der Waals surface area (Å²) in [6, 6.07) is 5.76. The minimum Gasteiger partial charge on any atom is -0.338 e. The first-order chi connectivity index (χ1) is 8.59. The van der Waals surface area contributed by atoms with Crippen LogP contribution in [0.5, 0.6) is 0 Å². The van der Waals surface area contributed by atoms with Crippen molar-refractivity contribution in [3.63, 3.8) is 0 Å². The Labute approximate surface area is 115 Å². The molecule has 0 amide bonds. The fourth-order valence-corrected chi connectivity index (χ4v) is 2.35. The van der Waals surface area contributed by atoms with E-state index in [1.165, 1.54) is 0 Å². The Morgan fingerprint density at radius 1 is 1.44 bits per heavy atom. The van der Waals surface area contributed by atoms with Crippen LogP contribution in [0.4, 0.5) is 0 Å². The topological polar surface area (TPSA) is 34.9 Å². The summed E-state index contributed by atoms with van der Waals surface area (Å²) in [5, 5.41) is 0. The molecule has 3 nitrogen and oxygen atoms in total. The Balaban J connectivity index is 2.09. The molecule has 0 aliphatic rings. The van der Waals surface area contributed by atoms with Gasteiger partial charge >= 0.3 is 0 Å². The maximum Gasteiger partial charge on any atom is 0.164 e. The minimum absolute atomic E-state index is 0.147. The van der Waals surface area contributed by atoms with Crippen LogP contribution in [0.1, 0.15) is 28.2 Å². The highest BCUT2D eigenvalue weighted by Crippen LogP contribution is 2.22. The highest BCUT2D eigenvalue weighted by Gasteiger charge is 2.12. The molecule has 2 rings (SSSR count). The molecule has 0 N–H and O–H groups in total. The van der Waals surface area contributed by atoms with Gasteiger partial charge < -0.3 is 4.57 Å². The number of imidazole rings is 1. The van der Waals surface area contributed by atoms with E-state index >= 15 is 0 Å². The van der Waals surface area contributed by atoms with Crippen LogP contribution < -0.4 is 0 Å². The van der Waals surface area contributed by atoms with Gasteiger partial charge in [0.15, 0.2) is 5.78 Å². The summed E-state index contributed by atoms with van der Waals surface area (Å²) < 4.78 is 2.84. The van der Waals surface area contributed by atoms with E-state index in [1.54, 1.807) is 6.20 Å². The number of carbonyl (C=O) groups excluding carboxylic acids is 1. The predicted molar refractivity (Wildman–Crippen MR) is 74.7 cm³/mol. The van der Waals surface area contributed by atoms with Gasteiger partial charge in [-0.1, -0.05) is 18.2 Å². The van der Waals surface area contributed by atoms with Crippen molar-refractivity contribution in [2.75, 3.05) is 0 Å². The summed E-state index contributed by atoms with van der Waals surface area (Å²) in [5.41, 5.74) is 1.84. The van der Waals surface area contributed by atoms with Gasteiger partial charge in [0.05, 0.1) is 0 Å². The van der Waals surface area contributed by atoms with E-state index in [0.29, 0.717) is 12.8 Å². The van der Waals surface area contributed by atoms with E-state index in [1.807, 2.05) is 42.9 Å². The maximum absolute atomic E-state index is 12.2. The van der Waals surface area contributed by atoms with Gasteiger partial charge in [0, 0.05) is 42.3 Å². The summed E-state index contributed by atoms with van der Waals surface area (Å²) >= 11 is 3.47. The Morgan fingerprint density at radius 3 is 2.89 bits per heavy atom. The third-order valence-corrected chi connectivity index (χ3v) is 4.04. The molecular formula is C14H15BrN2O. The van der Waals surface area contributed by atoms with Crippen molar-refractivity contribution in [3.05, 3.63) is 52.0 Å². The second-order valence-corrected chi connectivity index (χ2v) is 5.11. The Bertz CT molecular complexity index is 575. The van der Waals surface area contributed by atoms with Crippen LogP contribution in [-0.2, 0) is 13.5 Å². The van der Waals surface area contributed by atoms with Gasteiger partial charge in [0.25, 0.3) is 0 Å². The average molecular weight is 307 g/mol. The first kappa shape index (κ1) is 13.0. The number of carbonyl (C=O) groups is 1. The van der Waals surface area contributed by atoms with Gasteiger partial charge in [-0.25, -0.2) is 4.98 Å². The van der Waals surface area contributed by atoms with E-state index in [4.69, 9.17) is 0 Å². The molecule has 0 spiro atoms. The number of hydrogen-bond acceptors (Lipinski definition) is 2. The molecule has 0 radical (unpaired) electrons. The quantitative estimate of drug-likeness (QED) is 0.812. The fraction of sp³-hybridized carbons (Fsp3) is 0.286. The molecule has 1 heterocycles. The number of Topliss-reactive ketones (excluding diaryl/α,β-unsaturated/α-hetero) is 1. The number of benzene rings is 1. The van der Waals surface area contributed by atoms with Crippen LogP contribution in [0.3, 0.4) is 0 Å². The second-order valence-electron chi connectivity index (χ2n) is 4.31. The maximum atomic E-state index is 12.2. The normalized spacial score (nSPS) is 10.6. The van der Waals surface area contributed by atoms with Crippen molar-refractivity contribution in [1.82, 2.24) is 9.55 Å². The lowest BCUT2D eigenvalue weighted by Gasteiger charge is -2.06. The van der Waals surface area contributed by atoms with Crippen molar-refractivity contribution in [2.24, 2.45) is 7.05 Å². The molecule has 0 saturated carbocycles. The molecule has 0 saturated heterocycles. The number of aryl methyl sites for hydroxylation is 3. The van der Waals surface area contributed by atoms with Crippen molar-refractivity contribution in [3.8, 4) is 0 Å². The monoisotopic (exact) mass is 306 g/mol. The Kier molecular flexibility index (Phi) is 3.97. The average Bonchev–Trinajstić information content (AvgIpc) is 2.75. The Hall–Kier alpha value is -1.42. The first-order valence-corrected chi connectivity index (χ1v) is 6.63. The molecule has 1 aromatic carbocycles. The van der Waals surface area contributed by atoms with E-state index in [0.717, 1.165) is 21.4 Å². The third-order valence-electron chi connectivity index (χ3n) is 2.99. The number of hydrogen-bond donors (Lipinski definition) is 0. The number of nitrogens with zero attached hydrogens (tertiary/aromatic N) is 2. The van der Waals surface area contributed by atoms with Crippen LogP contribution in [0.2, 0.25) is 0 Å². The van der Waals surface area contributed by atoms with Gasteiger partial charge in [-0.3, -0.25) is 4.79 Å². The molecule has 0 atom stereocenters. The van der Waals surface area contributed by atoms with Gasteiger partial charge in [0.2, 0.25) is 0 Å². The molecule has 0 fully saturated rings. The highest BCUT2D eigenvalue weighted by molar-refractivity contribution is 9.10. The predicted octanol–water partition coefficient (Wildman–Crippen LogP) is 3.31. The molecule has 1 aromatic heterocycles. The molecule has 0 aliphatic heterocycles. The summed E-state index contributed by atoms with van der Waals surface area (Å²) in [4.78, 5) is 16.4. The molecule has 0 unspecified atom stereocenters. The zero-order valence-corrected chi connectivity index (χ0v) is 12.1. The van der Waals surface area contributed by atoms with E-state index in [-0.39, 0.29) is 5.78 Å². The largest absolute Gasteiger partial charge is 0.338 e. The lowest BCUT2D eigenvalue weighted by atomic mass is 10.0. The van der Waals surface area contributed by atoms with Gasteiger partial charge in [-0.2, -0.15) is 0 Å². The summed E-state index contributed by atoms with van der Waals surface area (Å²) in [6.45, 7) is 1.99. The molecule has 4 heteroatoms. The van der Waals surface area contributed by atoms with Crippen LogP contribution in [-0.4, -0.2) is 15.3 Å². The van der Waals surface area contributed by atoms with Crippen molar-refractivity contribution in [2.45, 2.75) is 19.8 Å². The van der Waals surface area contributed by atoms with Crippen molar-refractivity contribution in [1.29, 1.82) is 0 Å². The van der Waals surface area contributed by atoms with Crippen LogP contribution in [0.25, 0.3) is 0 Å². The number of halogens is 1. The zero-order valence-electron chi connectivity index (χ0n) is 10.5. The van der Waals surface area contributed by atoms with E-state index < -0.39 is 0 Å². The minimum atomic E-state index is 0.147. The van der Waals surface area contributed by atoms with Crippen LogP contribution >= 0.6 is 15.9 Å². The molecule has 0 bridgehead atoms. The number of aromatic nitrogens is 2. The van der Waals surface area contributed by atoms with Crippen molar-refractivity contribution >= 4 is 21.7 Å². The van der Waals surface area contributed by atoms with Crippen molar-refractivity contribution < 1.29 is 4.79 Å². The lowest BCUT2D eigenvalue weighted by Crippen LogP contribution is -2.06. The second kappa shape index (κ2) is 5.48. The Morgan fingerprint density at radius 2 is 2.22 bits per heavy atom. The van der Waals surface area contributed by atoms with E-state index in [2.05, 4.69) is 20.9 Å². The molecule has 0 aliphatic carbocycles. The smallest absolute Gasteiger partial charge is 0.164 e. The summed E-state index contributed by atoms with van der Waals surface area (Å²) in [5.74, 6) is 1.08. The molecular weight excluding hydrogens is 292 g/mol. The summed E-state index contributed by atoms with van der Waals surface area (Å²) in [6.07, 6.45) is 4.79. The van der Waals surface area contributed by atoms with Crippen LogP contribution in [0.15, 0.2) is 35.1 Å². The van der Waals surface area contributed by atoms with E-state index in [9.17, 15) is 4.79 Å². The zero-order chi connectivity index (χ0) is 13.1. The van der Waals surface area contributed by atoms with Gasteiger partial charge in [-0.05, 0) is 28.4 Å². The van der Waals surface area contributed by atoms with Gasteiger partial charge in [0.1, 0.15) is 5.82 Å². The summed E-state index contributed by atoms with van der Waals surface area (Å²) in [7, 11) is 1.94. The molecule has 94 valence electrons.